The normalized spacial score (nSPS) is 11.0. The molecule has 2 aromatic rings. The molecule has 74 valence electrons. The summed E-state index contributed by atoms with van der Waals surface area (Å²) in [7, 11) is 0. The van der Waals surface area contributed by atoms with Crippen LogP contribution in [0.3, 0.4) is 0 Å². The molecule has 0 atom stereocenters. The van der Waals surface area contributed by atoms with E-state index < -0.39 is 0 Å². The van der Waals surface area contributed by atoms with E-state index in [-0.39, 0.29) is 5.76 Å². The van der Waals surface area contributed by atoms with Crippen LogP contribution in [0.25, 0.3) is 11.1 Å². The summed E-state index contributed by atoms with van der Waals surface area (Å²) < 4.78 is 6.68. The van der Waals surface area contributed by atoms with Gasteiger partial charge >= 0.3 is 5.76 Å². The standard InChI is InChI=1S/C10H12N2O2/c1-2-12-8-4-3-7(6-11)5-9(8)14-10(12)13/h3-5H,2,6,11H2,1H3. The summed E-state index contributed by atoms with van der Waals surface area (Å²) in [6.07, 6.45) is 0. The second kappa shape index (κ2) is 3.31. The molecule has 4 heteroatoms. The molecule has 0 saturated carbocycles. The van der Waals surface area contributed by atoms with E-state index in [1.165, 1.54) is 0 Å². The van der Waals surface area contributed by atoms with Crippen LogP contribution in [0.15, 0.2) is 27.4 Å². The van der Waals surface area contributed by atoms with Gasteiger partial charge in [-0.15, -0.1) is 0 Å². The third kappa shape index (κ3) is 1.24. The molecule has 0 radical (unpaired) electrons. The van der Waals surface area contributed by atoms with Gasteiger partial charge < -0.3 is 10.2 Å². The number of oxazole rings is 1. The quantitative estimate of drug-likeness (QED) is 0.774. The Hall–Kier alpha value is -1.55. The van der Waals surface area contributed by atoms with Gasteiger partial charge in [0.15, 0.2) is 5.58 Å². The van der Waals surface area contributed by atoms with Gasteiger partial charge in [0.1, 0.15) is 0 Å². The first kappa shape index (κ1) is 9.02. The molecule has 0 unspecified atom stereocenters. The zero-order chi connectivity index (χ0) is 10.1. The van der Waals surface area contributed by atoms with E-state index in [2.05, 4.69) is 0 Å². The zero-order valence-corrected chi connectivity index (χ0v) is 7.99. The van der Waals surface area contributed by atoms with Gasteiger partial charge in [0.25, 0.3) is 0 Å². The molecule has 0 aliphatic carbocycles. The van der Waals surface area contributed by atoms with Gasteiger partial charge in [-0.25, -0.2) is 4.79 Å². The van der Waals surface area contributed by atoms with Crippen molar-refractivity contribution in [2.24, 2.45) is 5.73 Å². The topological polar surface area (TPSA) is 61.2 Å². The summed E-state index contributed by atoms with van der Waals surface area (Å²) in [5.74, 6) is -0.309. The highest BCUT2D eigenvalue weighted by molar-refractivity contribution is 5.73. The monoisotopic (exact) mass is 192 g/mol. The molecule has 0 bridgehead atoms. The molecule has 4 nitrogen and oxygen atoms in total. The molecule has 0 saturated heterocycles. The highest BCUT2D eigenvalue weighted by Crippen LogP contribution is 2.14. The van der Waals surface area contributed by atoms with Crippen LogP contribution < -0.4 is 11.5 Å². The summed E-state index contributed by atoms with van der Waals surface area (Å²) in [5, 5.41) is 0. The van der Waals surface area contributed by atoms with E-state index in [0.717, 1.165) is 11.1 Å². The van der Waals surface area contributed by atoms with E-state index in [1.807, 2.05) is 25.1 Å². The van der Waals surface area contributed by atoms with Crippen molar-refractivity contribution in [2.45, 2.75) is 20.0 Å². The number of fused-ring (bicyclic) bond motifs is 1. The fraction of sp³-hybridized carbons (Fsp3) is 0.300. The summed E-state index contributed by atoms with van der Waals surface area (Å²) >= 11 is 0. The van der Waals surface area contributed by atoms with Crippen LogP contribution >= 0.6 is 0 Å². The molecule has 2 N–H and O–H groups in total. The van der Waals surface area contributed by atoms with Crippen LogP contribution in [0.2, 0.25) is 0 Å². The maximum Gasteiger partial charge on any atom is 0.419 e. The van der Waals surface area contributed by atoms with Gasteiger partial charge in [0.05, 0.1) is 5.52 Å². The highest BCUT2D eigenvalue weighted by Gasteiger charge is 2.07. The minimum atomic E-state index is -0.309. The van der Waals surface area contributed by atoms with Gasteiger partial charge in [0.2, 0.25) is 0 Å². The lowest BCUT2D eigenvalue weighted by molar-refractivity contribution is 0.513. The smallest absolute Gasteiger partial charge is 0.408 e. The molecule has 0 spiro atoms. The van der Waals surface area contributed by atoms with Crippen LogP contribution in [0, 0.1) is 0 Å². The molecule has 14 heavy (non-hydrogen) atoms. The number of hydrogen-bond acceptors (Lipinski definition) is 3. The minimum absolute atomic E-state index is 0.309. The lowest BCUT2D eigenvalue weighted by Gasteiger charge is -1.97. The Morgan fingerprint density at radius 3 is 2.93 bits per heavy atom. The number of rotatable bonds is 2. The first-order chi connectivity index (χ1) is 6.76. The predicted octanol–water partition coefficient (Wildman–Crippen LogP) is 1.07. The lowest BCUT2D eigenvalue weighted by Crippen LogP contribution is -2.11. The molecule has 0 fully saturated rings. The molecule has 0 aliphatic heterocycles. The van der Waals surface area contributed by atoms with Crippen molar-refractivity contribution < 1.29 is 4.42 Å². The van der Waals surface area contributed by atoms with E-state index in [1.54, 1.807) is 4.57 Å². The largest absolute Gasteiger partial charge is 0.419 e. The van der Waals surface area contributed by atoms with E-state index in [4.69, 9.17) is 10.2 Å². The van der Waals surface area contributed by atoms with Crippen molar-refractivity contribution in [3.05, 3.63) is 34.3 Å². The maximum atomic E-state index is 11.3. The third-order valence-corrected chi connectivity index (χ3v) is 2.28. The van der Waals surface area contributed by atoms with E-state index in [9.17, 15) is 4.79 Å². The number of nitrogens with zero attached hydrogens (tertiary/aromatic N) is 1. The van der Waals surface area contributed by atoms with Gasteiger partial charge in [-0.05, 0) is 24.6 Å². The molecule has 0 amide bonds. The van der Waals surface area contributed by atoms with Crippen molar-refractivity contribution >= 4 is 11.1 Å². The summed E-state index contributed by atoms with van der Waals surface area (Å²) in [5.41, 5.74) is 7.90. The number of hydrogen-bond donors (Lipinski definition) is 1. The van der Waals surface area contributed by atoms with Crippen molar-refractivity contribution in [3.63, 3.8) is 0 Å². The first-order valence-corrected chi connectivity index (χ1v) is 4.58. The summed E-state index contributed by atoms with van der Waals surface area (Å²) in [4.78, 5) is 11.3. The summed E-state index contributed by atoms with van der Waals surface area (Å²) in [6.45, 7) is 2.98. The summed E-state index contributed by atoms with van der Waals surface area (Å²) in [6, 6.07) is 5.58. The van der Waals surface area contributed by atoms with E-state index in [0.29, 0.717) is 18.7 Å². The van der Waals surface area contributed by atoms with Crippen LogP contribution in [-0.4, -0.2) is 4.57 Å². The number of aromatic nitrogens is 1. The maximum absolute atomic E-state index is 11.3. The Labute approximate surface area is 80.9 Å². The lowest BCUT2D eigenvalue weighted by atomic mass is 10.2. The van der Waals surface area contributed by atoms with Crippen LogP contribution in [-0.2, 0) is 13.1 Å². The molecular formula is C10H12N2O2. The fourth-order valence-corrected chi connectivity index (χ4v) is 1.54. The average Bonchev–Trinajstić information content (AvgIpc) is 2.51. The highest BCUT2D eigenvalue weighted by atomic mass is 16.4. The number of aryl methyl sites for hydroxylation is 1. The number of nitrogens with two attached hydrogens (primary N) is 1. The van der Waals surface area contributed by atoms with Crippen molar-refractivity contribution in [1.82, 2.24) is 4.57 Å². The SMILES string of the molecule is CCn1c(=O)oc2cc(CN)ccc21. The molecule has 2 rings (SSSR count). The van der Waals surface area contributed by atoms with Crippen molar-refractivity contribution in [2.75, 3.05) is 0 Å². The Kier molecular flexibility index (Phi) is 2.13. The Bertz CT molecular complexity index is 510. The Morgan fingerprint density at radius 2 is 2.29 bits per heavy atom. The predicted molar refractivity (Wildman–Crippen MR) is 54.0 cm³/mol. The van der Waals surface area contributed by atoms with Crippen molar-refractivity contribution in [3.8, 4) is 0 Å². The van der Waals surface area contributed by atoms with Crippen LogP contribution in [0.5, 0.6) is 0 Å². The van der Waals surface area contributed by atoms with Gasteiger partial charge in [-0.3, -0.25) is 4.57 Å². The van der Waals surface area contributed by atoms with Gasteiger partial charge in [-0.1, -0.05) is 6.07 Å². The first-order valence-electron chi connectivity index (χ1n) is 4.58. The third-order valence-electron chi connectivity index (χ3n) is 2.28. The van der Waals surface area contributed by atoms with Crippen LogP contribution in [0.4, 0.5) is 0 Å². The molecule has 1 heterocycles. The molecule has 1 aromatic heterocycles. The molecule has 0 aliphatic rings. The van der Waals surface area contributed by atoms with Gasteiger partial charge in [-0.2, -0.15) is 0 Å². The molecular weight excluding hydrogens is 180 g/mol. The molecule has 1 aromatic carbocycles. The van der Waals surface area contributed by atoms with Crippen LogP contribution in [0.1, 0.15) is 12.5 Å². The zero-order valence-electron chi connectivity index (χ0n) is 7.99. The average molecular weight is 192 g/mol. The minimum Gasteiger partial charge on any atom is -0.408 e. The Morgan fingerprint density at radius 1 is 1.50 bits per heavy atom. The van der Waals surface area contributed by atoms with Crippen molar-refractivity contribution in [1.29, 1.82) is 0 Å². The second-order valence-corrected chi connectivity index (χ2v) is 3.12. The second-order valence-electron chi connectivity index (χ2n) is 3.12. The fourth-order valence-electron chi connectivity index (χ4n) is 1.54. The van der Waals surface area contributed by atoms with E-state index >= 15 is 0 Å². The van der Waals surface area contributed by atoms with Gasteiger partial charge in [0, 0.05) is 13.1 Å². The Balaban J connectivity index is 2.74. The number of benzene rings is 1.